The van der Waals surface area contributed by atoms with Crippen LogP contribution in [0.5, 0.6) is 0 Å². The molecule has 0 radical (unpaired) electrons. The van der Waals surface area contributed by atoms with Crippen LogP contribution in [0.4, 0.5) is 11.6 Å². The molecule has 0 aliphatic carbocycles. The van der Waals surface area contributed by atoms with E-state index in [1.54, 1.807) is 0 Å². The van der Waals surface area contributed by atoms with Gasteiger partial charge in [0.2, 0.25) is 5.91 Å². The SMILES string of the molecule is CCCNc1cc(N(CC(N)=O)CC(C)C)nc(SC)n1. The van der Waals surface area contributed by atoms with Gasteiger partial charge < -0.3 is 16.0 Å². The van der Waals surface area contributed by atoms with Crippen molar-refractivity contribution in [2.24, 2.45) is 11.7 Å². The number of thioether (sulfide) groups is 1. The topological polar surface area (TPSA) is 84.1 Å². The van der Waals surface area contributed by atoms with Gasteiger partial charge in [0.25, 0.3) is 0 Å². The molecule has 7 heteroatoms. The highest BCUT2D eigenvalue weighted by Gasteiger charge is 2.15. The Morgan fingerprint density at radius 1 is 1.48 bits per heavy atom. The Bertz CT molecular complexity index is 467. The molecule has 0 saturated carbocycles. The van der Waals surface area contributed by atoms with E-state index < -0.39 is 0 Å². The molecule has 1 rings (SSSR count). The third-order valence-corrected chi connectivity index (χ3v) is 3.23. The maximum atomic E-state index is 11.3. The van der Waals surface area contributed by atoms with Gasteiger partial charge in [0, 0.05) is 19.2 Å². The number of carbonyl (C=O) groups excluding carboxylic acids is 1. The monoisotopic (exact) mass is 311 g/mol. The quantitative estimate of drug-likeness (QED) is 0.536. The van der Waals surface area contributed by atoms with Crippen LogP contribution in [0.25, 0.3) is 0 Å². The van der Waals surface area contributed by atoms with E-state index >= 15 is 0 Å². The van der Waals surface area contributed by atoms with Gasteiger partial charge in [-0.1, -0.05) is 32.5 Å². The summed E-state index contributed by atoms with van der Waals surface area (Å²) >= 11 is 1.48. The van der Waals surface area contributed by atoms with Gasteiger partial charge in [0.05, 0.1) is 6.54 Å². The minimum atomic E-state index is -0.358. The molecule has 1 amide bonds. The first kappa shape index (κ1) is 17.6. The second-order valence-corrected chi connectivity index (χ2v) is 6.04. The fourth-order valence-corrected chi connectivity index (χ4v) is 2.25. The van der Waals surface area contributed by atoms with Crippen LogP contribution in [0.15, 0.2) is 11.2 Å². The number of hydrogen-bond acceptors (Lipinski definition) is 6. The molecule has 0 aliphatic heterocycles. The van der Waals surface area contributed by atoms with Crippen molar-refractivity contribution in [3.05, 3.63) is 6.07 Å². The van der Waals surface area contributed by atoms with Gasteiger partial charge in [-0.15, -0.1) is 0 Å². The Morgan fingerprint density at radius 2 is 2.19 bits per heavy atom. The van der Waals surface area contributed by atoms with Gasteiger partial charge in [-0.25, -0.2) is 9.97 Å². The smallest absolute Gasteiger partial charge is 0.236 e. The highest BCUT2D eigenvalue weighted by molar-refractivity contribution is 7.98. The predicted octanol–water partition coefficient (Wildman–Crippen LogP) is 1.97. The molecule has 3 N–H and O–H groups in total. The van der Waals surface area contributed by atoms with Gasteiger partial charge >= 0.3 is 0 Å². The summed E-state index contributed by atoms with van der Waals surface area (Å²) in [4.78, 5) is 22.1. The molecule has 0 fully saturated rings. The summed E-state index contributed by atoms with van der Waals surface area (Å²) in [6.07, 6.45) is 2.95. The minimum absolute atomic E-state index is 0.163. The molecule has 1 aromatic rings. The zero-order valence-corrected chi connectivity index (χ0v) is 14.0. The van der Waals surface area contributed by atoms with Crippen molar-refractivity contribution in [3.63, 3.8) is 0 Å². The minimum Gasteiger partial charge on any atom is -0.370 e. The largest absolute Gasteiger partial charge is 0.370 e. The number of primary amides is 1. The molecular weight excluding hydrogens is 286 g/mol. The first-order valence-corrected chi connectivity index (χ1v) is 8.38. The van der Waals surface area contributed by atoms with E-state index in [1.807, 2.05) is 17.2 Å². The Kier molecular flexibility index (Phi) is 7.28. The molecular formula is C14H25N5OS. The number of anilines is 2. The lowest BCUT2D eigenvalue weighted by molar-refractivity contribution is -0.116. The molecule has 0 saturated heterocycles. The van der Waals surface area contributed by atoms with E-state index in [0.29, 0.717) is 11.1 Å². The predicted molar refractivity (Wildman–Crippen MR) is 88.8 cm³/mol. The Labute approximate surface area is 130 Å². The maximum absolute atomic E-state index is 11.3. The molecule has 0 atom stereocenters. The first-order chi connectivity index (χ1) is 9.96. The second kappa shape index (κ2) is 8.71. The van der Waals surface area contributed by atoms with E-state index in [1.165, 1.54) is 11.8 Å². The van der Waals surface area contributed by atoms with Gasteiger partial charge in [-0.2, -0.15) is 0 Å². The van der Waals surface area contributed by atoms with Crippen LogP contribution in [0.1, 0.15) is 27.2 Å². The number of nitrogens with one attached hydrogen (secondary N) is 1. The van der Waals surface area contributed by atoms with Gasteiger partial charge in [0.15, 0.2) is 5.16 Å². The van der Waals surface area contributed by atoms with Crippen molar-refractivity contribution in [2.45, 2.75) is 32.3 Å². The molecule has 1 heterocycles. The fourth-order valence-electron chi connectivity index (χ4n) is 1.88. The number of nitrogens with two attached hydrogens (primary N) is 1. The summed E-state index contributed by atoms with van der Waals surface area (Å²) < 4.78 is 0. The Hall–Kier alpha value is -1.50. The number of nitrogens with zero attached hydrogens (tertiary/aromatic N) is 3. The van der Waals surface area contributed by atoms with Crippen LogP contribution in [0.2, 0.25) is 0 Å². The molecule has 0 unspecified atom stereocenters. The summed E-state index contributed by atoms with van der Waals surface area (Å²) in [7, 11) is 0. The molecule has 0 bridgehead atoms. The summed E-state index contributed by atoms with van der Waals surface area (Å²) in [5.41, 5.74) is 5.35. The average Bonchev–Trinajstić information content (AvgIpc) is 2.43. The van der Waals surface area contributed by atoms with Gasteiger partial charge in [0.1, 0.15) is 11.6 Å². The number of hydrogen-bond donors (Lipinski definition) is 2. The lowest BCUT2D eigenvalue weighted by Gasteiger charge is -2.25. The Morgan fingerprint density at radius 3 is 2.71 bits per heavy atom. The highest BCUT2D eigenvalue weighted by Crippen LogP contribution is 2.21. The van der Waals surface area contributed by atoms with Crippen LogP contribution >= 0.6 is 11.8 Å². The van der Waals surface area contributed by atoms with Crippen molar-refractivity contribution in [2.75, 3.05) is 36.1 Å². The number of aromatic nitrogens is 2. The highest BCUT2D eigenvalue weighted by atomic mass is 32.2. The molecule has 0 spiro atoms. The van der Waals surface area contributed by atoms with Crippen LogP contribution in [-0.4, -0.2) is 41.8 Å². The van der Waals surface area contributed by atoms with Gasteiger partial charge in [-0.05, 0) is 18.6 Å². The molecule has 0 aliphatic rings. The van der Waals surface area contributed by atoms with Gasteiger partial charge in [-0.3, -0.25) is 4.79 Å². The summed E-state index contributed by atoms with van der Waals surface area (Å²) in [6, 6.07) is 1.88. The van der Waals surface area contributed by atoms with Crippen molar-refractivity contribution in [1.29, 1.82) is 0 Å². The van der Waals surface area contributed by atoms with E-state index in [4.69, 9.17) is 5.73 Å². The van der Waals surface area contributed by atoms with Crippen molar-refractivity contribution in [1.82, 2.24) is 9.97 Å². The number of amides is 1. The Balaban J connectivity index is 3.06. The third-order valence-electron chi connectivity index (χ3n) is 2.69. The van der Waals surface area contributed by atoms with Crippen molar-refractivity contribution >= 4 is 29.3 Å². The van der Waals surface area contributed by atoms with E-state index in [2.05, 4.69) is 36.1 Å². The van der Waals surface area contributed by atoms with Crippen LogP contribution in [0.3, 0.4) is 0 Å². The second-order valence-electron chi connectivity index (χ2n) is 5.27. The number of rotatable bonds is 9. The zero-order chi connectivity index (χ0) is 15.8. The fraction of sp³-hybridized carbons (Fsp3) is 0.643. The molecule has 0 aromatic carbocycles. The normalized spacial score (nSPS) is 10.7. The third kappa shape index (κ3) is 6.20. The van der Waals surface area contributed by atoms with Crippen LogP contribution in [-0.2, 0) is 4.79 Å². The zero-order valence-electron chi connectivity index (χ0n) is 13.2. The van der Waals surface area contributed by atoms with E-state index in [9.17, 15) is 4.79 Å². The van der Waals surface area contributed by atoms with Crippen molar-refractivity contribution < 1.29 is 4.79 Å². The lowest BCUT2D eigenvalue weighted by atomic mass is 10.2. The average molecular weight is 311 g/mol. The number of carbonyl (C=O) groups is 1. The van der Waals surface area contributed by atoms with E-state index in [-0.39, 0.29) is 12.5 Å². The summed E-state index contributed by atoms with van der Waals surface area (Å²) in [6.45, 7) is 8.03. The molecule has 6 nitrogen and oxygen atoms in total. The van der Waals surface area contributed by atoms with E-state index in [0.717, 1.165) is 31.1 Å². The molecule has 1 aromatic heterocycles. The molecule has 21 heavy (non-hydrogen) atoms. The van der Waals surface area contributed by atoms with Crippen molar-refractivity contribution in [3.8, 4) is 0 Å². The lowest BCUT2D eigenvalue weighted by Crippen LogP contribution is -2.37. The maximum Gasteiger partial charge on any atom is 0.236 e. The molecule has 118 valence electrons. The van der Waals surface area contributed by atoms with Crippen LogP contribution < -0.4 is 16.0 Å². The summed E-state index contributed by atoms with van der Waals surface area (Å²) in [5, 5.41) is 3.95. The standard InChI is InChI=1S/C14H25N5OS/c1-5-6-16-12-7-13(18-14(17-12)21-4)19(8-10(2)3)9-11(15)20/h7,10H,5-6,8-9H2,1-4H3,(H2,15,20)(H,16,17,18). The first-order valence-electron chi connectivity index (χ1n) is 7.16. The van der Waals surface area contributed by atoms with Crippen LogP contribution in [0, 0.1) is 5.92 Å². The summed E-state index contributed by atoms with van der Waals surface area (Å²) in [5.74, 6) is 1.57.